The minimum Gasteiger partial charge on any atom is -0.481 e. The summed E-state index contributed by atoms with van der Waals surface area (Å²) in [6.07, 6.45) is -0.309. The number of carboxylic acids is 1. The largest absolute Gasteiger partial charge is 0.481 e. The van der Waals surface area contributed by atoms with Gasteiger partial charge in [0.25, 0.3) is 0 Å². The molecule has 1 aromatic rings. The molecule has 1 N–H and O–H groups in total. The third-order valence-corrected chi connectivity index (χ3v) is 5.33. The number of carboxylic acid groups (broad SMARTS) is 1. The van der Waals surface area contributed by atoms with E-state index in [9.17, 15) is 17.6 Å². The molecule has 0 fully saturated rings. The van der Waals surface area contributed by atoms with Crippen LogP contribution in [-0.4, -0.2) is 36.4 Å². The van der Waals surface area contributed by atoms with Gasteiger partial charge in [0, 0.05) is 12.6 Å². The Hall–Kier alpha value is -0.990. The van der Waals surface area contributed by atoms with E-state index in [4.69, 9.17) is 5.11 Å². The first-order valence-corrected chi connectivity index (χ1v) is 8.08. The van der Waals surface area contributed by atoms with Gasteiger partial charge in [-0.2, -0.15) is 4.31 Å². The first kappa shape index (κ1) is 17.1. The van der Waals surface area contributed by atoms with Crippen molar-refractivity contribution in [2.45, 2.75) is 31.2 Å². The van der Waals surface area contributed by atoms with Crippen molar-refractivity contribution in [1.29, 1.82) is 0 Å². The van der Waals surface area contributed by atoms with Gasteiger partial charge in [-0.1, -0.05) is 0 Å². The number of aliphatic carboxylic acids is 1. The molecular weight excluding hydrogens is 353 g/mol. The molecule has 1 rings (SSSR count). The fraction of sp³-hybridized carbons (Fsp3) is 0.417. The topological polar surface area (TPSA) is 74.7 Å². The summed E-state index contributed by atoms with van der Waals surface area (Å²) in [7, 11) is -3.93. The van der Waals surface area contributed by atoms with Crippen molar-refractivity contribution in [1.82, 2.24) is 4.31 Å². The van der Waals surface area contributed by atoms with Crippen LogP contribution in [0.1, 0.15) is 20.3 Å². The lowest BCUT2D eigenvalue weighted by Crippen LogP contribution is -2.38. The average Bonchev–Trinajstić information content (AvgIpc) is 2.31. The van der Waals surface area contributed by atoms with Gasteiger partial charge in [0.05, 0.1) is 15.8 Å². The lowest BCUT2D eigenvalue weighted by atomic mass is 10.3. The van der Waals surface area contributed by atoms with Gasteiger partial charge < -0.3 is 5.11 Å². The molecule has 0 aliphatic rings. The van der Waals surface area contributed by atoms with E-state index in [1.165, 1.54) is 12.1 Å². The lowest BCUT2D eigenvalue weighted by Gasteiger charge is -2.25. The molecule has 0 aliphatic carbocycles. The zero-order chi connectivity index (χ0) is 15.5. The summed E-state index contributed by atoms with van der Waals surface area (Å²) in [6.45, 7) is 3.11. The van der Waals surface area contributed by atoms with Crippen LogP contribution >= 0.6 is 15.9 Å². The number of hydrogen-bond acceptors (Lipinski definition) is 3. The molecule has 112 valence electrons. The van der Waals surface area contributed by atoms with Gasteiger partial charge in [0.2, 0.25) is 10.0 Å². The van der Waals surface area contributed by atoms with E-state index >= 15 is 0 Å². The first-order valence-electron chi connectivity index (χ1n) is 5.85. The van der Waals surface area contributed by atoms with Gasteiger partial charge in [-0.15, -0.1) is 0 Å². The molecule has 0 aromatic heterocycles. The van der Waals surface area contributed by atoms with Gasteiger partial charge in [-0.25, -0.2) is 12.8 Å². The number of hydrogen-bond donors (Lipinski definition) is 1. The van der Waals surface area contributed by atoms with Gasteiger partial charge in [-0.3, -0.25) is 4.79 Å². The maximum Gasteiger partial charge on any atom is 0.304 e. The molecule has 5 nitrogen and oxygen atoms in total. The summed E-state index contributed by atoms with van der Waals surface area (Å²) < 4.78 is 39.5. The Morgan fingerprint density at radius 2 is 2.05 bits per heavy atom. The van der Waals surface area contributed by atoms with Gasteiger partial charge in [-0.05, 0) is 48.0 Å². The first-order chi connectivity index (χ1) is 9.16. The second-order valence-corrected chi connectivity index (χ2v) is 7.17. The normalized spacial score (nSPS) is 12.1. The van der Waals surface area contributed by atoms with Crippen LogP contribution in [0.5, 0.6) is 0 Å². The number of sulfonamides is 1. The van der Waals surface area contributed by atoms with E-state index in [-0.39, 0.29) is 22.3 Å². The zero-order valence-corrected chi connectivity index (χ0v) is 13.4. The Morgan fingerprint density at radius 1 is 1.45 bits per heavy atom. The highest BCUT2D eigenvalue weighted by atomic mass is 79.9. The predicted molar refractivity (Wildman–Crippen MR) is 75.4 cm³/mol. The Morgan fingerprint density at radius 3 is 2.50 bits per heavy atom. The molecule has 0 saturated carbocycles. The van der Waals surface area contributed by atoms with E-state index in [0.717, 1.165) is 10.4 Å². The van der Waals surface area contributed by atoms with Crippen molar-refractivity contribution in [3.05, 3.63) is 28.5 Å². The van der Waals surface area contributed by atoms with Crippen LogP contribution < -0.4 is 0 Å². The monoisotopic (exact) mass is 367 g/mol. The number of rotatable bonds is 6. The Balaban J connectivity index is 3.15. The smallest absolute Gasteiger partial charge is 0.304 e. The van der Waals surface area contributed by atoms with Crippen LogP contribution in [0, 0.1) is 5.82 Å². The summed E-state index contributed by atoms with van der Waals surface area (Å²) in [6, 6.07) is 3.07. The highest BCUT2D eigenvalue weighted by Gasteiger charge is 2.28. The van der Waals surface area contributed by atoms with Gasteiger partial charge >= 0.3 is 5.97 Å². The van der Waals surface area contributed by atoms with Crippen LogP contribution in [0.2, 0.25) is 0 Å². The van der Waals surface area contributed by atoms with Crippen LogP contribution in [0.4, 0.5) is 4.39 Å². The van der Waals surface area contributed by atoms with E-state index in [0.29, 0.717) is 0 Å². The minimum absolute atomic E-state index is 0.160. The molecule has 0 heterocycles. The van der Waals surface area contributed by atoms with Crippen LogP contribution in [-0.2, 0) is 14.8 Å². The summed E-state index contributed by atoms with van der Waals surface area (Å²) in [5, 5.41) is 8.67. The van der Waals surface area contributed by atoms with Crippen molar-refractivity contribution >= 4 is 31.9 Å². The summed E-state index contributed by atoms with van der Waals surface area (Å²) >= 11 is 2.95. The predicted octanol–water partition coefficient (Wildman–Crippen LogP) is 2.46. The van der Waals surface area contributed by atoms with Crippen molar-refractivity contribution in [3.8, 4) is 0 Å². The molecule has 0 spiro atoms. The van der Waals surface area contributed by atoms with Crippen molar-refractivity contribution in [2.75, 3.05) is 6.54 Å². The molecule has 0 bridgehead atoms. The fourth-order valence-electron chi connectivity index (χ4n) is 1.63. The van der Waals surface area contributed by atoms with Crippen molar-refractivity contribution in [3.63, 3.8) is 0 Å². The zero-order valence-electron chi connectivity index (χ0n) is 11.0. The molecule has 0 aliphatic heterocycles. The number of benzene rings is 1. The van der Waals surface area contributed by atoms with Gasteiger partial charge in [0.1, 0.15) is 5.82 Å². The molecule has 0 amide bonds. The SMILES string of the molecule is CC(C)N(CCC(=O)O)S(=O)(=O)c1ccc(Br)c(F)c1. The van der Waals surface area contributed by atoms with E-state index in [2.05, 4.69) is 15.9 Å². The second-order valence-electron chi connectivity index (χ2n) is 4.43. The number of halogens is 2. The highest BCUT2D eigenvalue weighted by Crippen LogP contribution is 2.23. The third-order valence-electron chi connectivity index (χ3n) is 2.62. The Kier molecular flexibility index (Phi) is 5.67. The van der Waals surface area contributed by atoms with E-state index in [1.54, 1.807) is 13.8 Å². The fourth-order valence-corrected chi connectivity index (χ4v) is 3.53. The van der Waals surface area contributed by atoms with E-state index < -0.39 is 27.9 Å². The van der Waals surface area contributed by atoms with Crippen LogP contribution in [0.25, 0.3) is 0 Å². The molecular formula is C12H15BrFNO4S. The molecule has 20 heavy (non-hydrogen) atoms. The van der Waals surface area contributed by atoms with E-state index in [1.807, 2.05) is 0 Å². The lowest BCUT2D eigenvalue weighted by molar-refractivity contribution is -0.137. The molecule has 1 aromatic carbocycles. The number of carbonyl (C=O) groups is 1. The Labute approximate surface area is 125 Å². The maximum absolute atomic E-state index is 13.5. The van der Waals surface area contributed by atoms with Crippen molar-refractivity contribution < 1.29 is 22.7 Å². The standard InChI is InChI=1S/C12H15BrFNO4S/c1-8(2)15(6-5-12(16)17)20(18,19)9-3-4-10(13)11(14)7-9/h3-4,7-8H,5-6H2,1-2H3,(H,16,17). The molecule has 0 radical (unpaired) electrons. The molecule has 8 heteroatoms. The minimum atomic E-state index is -3.93. The second kappa shape index (κ2) is 6.64. The molecule has 0 unspecified atom stereocenters. The summed E-state index contributed by atoms with van der Waals surface area (Å²) in [5.41, 5.74) is 0. The maximum atomic E-state index is 13.5. The molecule has 0 atom stereocenters. The Bertz CT molecular complexity index is 603. The van der Waals surface area contributed by atoms with Crippen LogP contribution in [0.3, 0.4) is 0 Å². The average molecular weight is 368 g/mol. The summed E-state index contributed by atoms with van der Waals surface area (Å²) in [5.74, 6) is -1.78. The van der Waals surface area contributed by atoms with Crippen molar-refractivity contribution in [2.24, 2.45) is 0 Å². The highest BCUT2D eigenvalue weighted by molar-refractivity contribution is 9.10. The van der Waals surface area contributed by atoms with Crippen LogP contribution in [0.15, 0.2) is 27.6 Å². The molecule has 0 saturated heterocycles. The number of nitrogens with zero attached hydrogens (tertiary/aromatic N) is 1. The summed E-state index contributed by atoms with van der Waals surface area (Å²) in [4.78, 5) is 10.4. The third kappa shape index (κ3) is 4.00. The van der Waals surface area contributed by atoms with Gasteiger partial charge in [0.15, 0.2) is 0 Å². The quantitative estimate of drug-likeness (QED) is 0.837.